The Kier molecular flexibility index (Phi) is 6.52. The molecule has 0 radical (unpaired) electrons. The van der Waals surface area contributed by atoms with Crippen LogP contribution in [0.25, 0.3) is 0 Å². The van der Waals surface area contributed by atoms with Crippen molar-refractivity contribution < 1.29 is 22.7 Å². The lowest BCUT2D eigenvalue weighted by molar-refractivity contribution is -0.157. The minimum absolute atomic E-state index is 0.0411. The van der Waals surface area contributed by atoms with E-state index >= 15 is 0 Å². The number of benzene rings is 1. The van der Waals surface area contributed by atoms with Crippen molar-refractivity contribution in [3.63, 3.8) is 0 Å². The summed E-state index contributed by atoms with van der Waals surface area (Å²) >= 11 is 0. The maximum Gasteiger partial charge on any atom is 0.251 e. The molecule has 27 heavy (non-hydrogen) atoms. The largest absolute Gasteiger partial charge is 0.373 e. The van der Waals surface area contributed by atoms with Gasteiger partial charge < -0.3 is 14.8 Å². The van der Waals surface area contributed by atoms with Gasteiger partial charge in [-0.2, -0.15) is 4.31 Å². The molecule has 2 aliphatic rings. The predicted molar refractivity (Wildman–Crippen MR) is 101 cm³/mol. The third-order valence-electron chi connectivity index (χ3n) is 5.27. The number of carbonyl (C=O) groups is 1. The Balaban J connectivity index is 1.62. The van der Waals surface area contributed by atoms with Gasteiger partial charge in [0.05, 0.1) is 30.3 Å². The van der Waals surface area contributed by atoms with E-state index in [4.69, 9.17) is 9.47 Å². The van der Waals surface area contributed by atoms with E-state index in [0.717, 1.165) is 19.3 Å². The molecule has 0 aromatic heterocycles. The molecule has 1 aliphatic heterocycles. The van der Waals surface area contributed by atoms with Crippen LogP contribution < -0.4 is 5.32 Å². The highest BCUT2D eigenvalue weighted by Gasteiger charge is 2.34. The Bertz CT molecular complexity index is 746. The van der Waals surface area contributed by atoms with E-state index < -0.39 is 10.0 Å². The van der Waals surface area contributed by atoms with E-state index in [1.165, 1.54) is 16.4 Å². The first kappa shape index (κ1) is 20.3. The Morgan fingerprint density at radius 3 is 2.33 bits per heavy atom. The molecule has 1 saturated carbocycles. The summed E-state index contributed by atoms with van der Waals surface area (Å²) in [6.45, 7) is 5.68. The Hall–Kier alpha value is -1.48. The Labute approximate surface area is 161 Å². The van der Waals surface area contributed by atoms with Gasteiger partial charge in [0.2, 0.25) is 10.0 Å². The SMILES string of the molecule is CCN(CC)S(=O)(=O)c1ccc(C(=O)N[C@@H]2CC[C@H]3OCCO[C@@H]3C2)cc1. The van der Waals surface area contributed by atoms with Gasteiger partial charge in [-0.1, -0.05) is 13.8 Å². The average molecular weight is 397 g/mol. The van der Waals surface area contributed by atoms with Crippen molar-refractivity contribution in [1.29, 1.82) is 0 Å². The molecule has 0 bridgehead atoms. The van der Waals surface area contributed by atoms with E-state index in [2.05, 4.69) is 5.32 Å². The van der Waals surface area contributed by atoms with Crippen LogP contribution in [0.1, 0.15) is 43.5 Å². The number of amides is 1. The molecule has 1 heterocycles. The van der Waals surface area contributed by atoms with Crippen molar-refractivity contribution >= 4 is 15.9 Å². The molecule has 8 heteroatoms. The number of carbonyl (C=O) groups excluding carboxylic acids is 1. The van der Waals surface area contributed by atoms with Crippen LogP contribution in [0, 0.1) is 0 Å². The van der Waals surface area contributed by atoms with Crippen LogP contribution in [0.4, 0.5) is 0 Å². The second-order valence-electron chi connectivity index (χ2n) is 6.92. The number of rotatable bonds is 6. The molecule has 0 unspecified atom stereocenters. The van der Waals surface area contributed by atoms with Crippen molar-refractivity contribution in [1.82, 2.24) is 9.62 Å². The zero-order valence-corrected chi connectivity index (χ0v) is 16.7. The highest BCUT2D eigenvalue weighted by Crippen LogP contribution is 2.27. The zero-order valence-electron chi connectivity index (χ0n) is 15.9. The minimum Gasteiger partial charge on any atom is -0.373 e. The fourth-order valence-corrected chi connectivity index (χ4v) is 5.22. The van der Waals surface area contributed by atoms with E-state index in [-0.39, 0.29) is 29.1 Å². The quantitative estimate of drug-likeness (QED) is 0.792. The van der Waals surface area contributed by atoms with Crippen molar-refractivity contribution in [2.45, 2.75) is 56.3 Å². The normalized spacial score (nSPS) is 25.8. The zero-order chi connectivity index (χ0) is 19.4. The first-order valence-electron chi connectivity index (χ1n) is 9.60. The summed E-state index contributed by atoms with van der Waals surface area (Å²) in [4.78, 5) is 12.7. The number of hydrogen-bond acceptors (Lipinski definition) is 5. The number of sulfonamides is 1. The fraction of sp³-hybridized carbons (Fsp3) is 0.632. The molecule has 7 nitrogen and oxygen atoms in total. The average Bonchev–Trinajstić information content (AvgIpc) is 2.68. The number of nitrogens with one attached hydrogen (secondary N) is 1. The Morgan fingerprint density at radius 2 is 1.70 bits per heavy atom. The van der Waals surface area contributed by atoms with Gasteiger partial charge in [-0.25, -0.2) is 8.42 Å². The highest BCUT2D eigenvalue weighted by atomic mass is 32.2. The number of ether oxygens (including phenoxy) is 2. The fourth-order valence-electron chi connectivity index (χ4n) is 3.76. The predicted octanol–water partition coefficient (Wildman–Crippen LogP) is 1.78. The summed E-state index contributed by atoms with van der Waals surface area (Å²) in [5, 5.41) is 3.04. The first-order chi connectivity index (χ1) is 13.0. The summed E-state index contributed by atoms with van der Waals surface area (Å²) in [6.07, 6.45) is 2.64. The standard InChI is InChI=1S/C19H28N2O5S/c1-3-21(4-2)27(23,24)16-8-5-14(6-9-16)19(22)20-15-7-10-17-18(13-15)26-12-11-25-17/h5-6,8-9,15,17-18H,3-4,7,10-13H2,1-2H3,(H,20,22)/t15-,17-,18-/m1/s1. The summed E-state index contributed by atoms with van der Waals surface area (Å²) in [5.41, 5.74) is 0.455. The van der Waals surface area contributed by atoms with Crippen molar-refractivity contribution in [3.8, 4) is 0 Å². The molecular weight excluding hydrogens is 368 g/mol. The topological polar surface area (TPSA) is 84.9 Å². The summed E-state index contributed by atoms with van der Waals surface area (Å²) in [5.74, 6) is -0.193. The Morgan fingerprint density at radius 1 is 1.07 bits per heavy atom. The third kappa shape index (κ3) is 4.51. The molecule has 1 aromatic carbocycles. The smallest absolute Gasteiger partial charge is 0.251 e. The molecule has 1 amide bonds. The molecule has 1 aliphatic carbocycles. The van der Waals surface area contributed by atoms with Gasteiger partial charge in [-0.05, 0) is 43.5 Å². The van der Waals surface area contributed by atoms with Crippen LogP contribution in [0.15, 0.2) is 29.2 Å². The minimum atomic E-state index is -3.51. The molecule has 1 N–H and O–H groups in total. The molecular formula is C19H28N2O5S. The second-order valence-corrected chi connectivity index (χ2v) is 8.85. The number of nitrogens with zero attached hydrogens (tertiary/aromatic N) is 1. The number of hydrogen-bond donors (Lipinski definition) is 1. The van der Waals surface area contributed by atoms with Gasteiger partial charge in [0.25, 0.3) is 5.91 Å². The monoisotopic (exact) mass is 396 g/mol. The maximum absolute atomic E-state index is 12.5. The lowest BCUT2D eigenvalue weighted by Crippen LogP contribution is -2.49. The van der Waals surface area contributed by atoms with Crippen LogP contribution in [-0.4, -0.2) is 63.2 Å². The van der Waals surface area contributed by atoms with Crippen LogP contribution in [0.5, 0.6) is 0 Å². The van der Waals surface area contributed by atoms with Crippen LogP contribution in [-0.2, 0) is 19.5 Å². The van der Waals surface area contributed by atoms with E-state index in [9.17, 15) is 13.2 Å². The van der Waals surface area contributed by atoms with E-state index in [0.29, 0.717) is 31.9 Å². The maximum atomic E-state index is 12.5. The van der Waals surface area contributed by atoms with Crippen molar-refractivity contribution in [3.05, 3.63) is 29.8 Å². The van der Waals surface area contributed by atoms with Crippen LogP contribution in [0.3, 0.4) is 0 Å². The second kappa shape index (κ2) is 8.68. The molecule has 1 saturated heterocycles. The highest BCUT2D eigenvalue weighted by molar-refractivity contribution is 7.89. The molecule has 1 aromatic rings. The molecule has 150 valence electrons. The van der Waals surface area contributed by atoms with E-state index in [1.807, 2.05) is 0 Å². The molecule has 2 fully saturated rings. The molecule has 3 rings (SSSR count). The van der Waals surface area contributed by atoms with Crippen molar-refractivity contribution in [2.75, 3.05) is 26.3 Å². The summed E-state index contributed by atoms with van der Waals surface area (Å²) in [6, 6.07) is 6.17. The summed E-state index contributed by atoms with van der Waals surface area (Å²) < 4.78 is 37.9. The first-order valence-corrected chi connectivity index (χ1v) is 11.0. The lowest BCUT2D eigenvalue weighted by atomic mass is 9.89. The molecule has 3 atom stereocenters. The van der Waals surface area contributed by atoms with Gasteiger partial charge in [-0.3, -0.25) is 4.79 Å². The molecule has 0 spiro atoms. The van der Waals surface area contributed by atoms with Crippen LogP contribution in [0.2, 0.25) is 0 Å². The van der Waals surface area contributed by atoms with E-state index in [1.54, 1.807) is 26.0 Å². The van der Waals surface area contributed by atoms with Gasteiger partial charge in [0.15, 0.2) is 0 Å². The van der Waals surface area contributed by atoms with Gasteiger partial charge in [0.1, 0.15) is 0 Å². The third-order valence-corrected chi connectivity index (χ3v) is 7.34. The lowest BCUT2D eigenvalue weighted by Gasteiger charge is -2.39. The number of fused-ring (bicyclic) bond motifs is 1. The van der Waals surface area contributed by atoms with Crippen LogP contribution >= 0.6 is 0 Å². The summed E-state index contributed by atoms with van der Waals surface area (Å²) in [7, 11) is -3.51. The van der Waals surface area contributed by atoms with Gasteiger partial charge >= 0.3 is 0 Å². The van der Waals surface area contributed by atoms with Crippen molar-refractivity contribution in [2.24, 2.45) is 0 Å². The van der Waals surface area contributed by atoms with Gasteiger partial charge in [0, 0.05) is 24.7 Å². The van der Waals surface area contributed by atoms with Gasteiger partial charge in [-0.15, -0.1) is 0 Å².